The molecule has 0 spiro atoms. The van der Waals surface area contributed by atoms with E-state index in [0.717, 1.165) is 76.6 Å². The van der Waals surface area contributed by atoms with Gasteiger partial charge in [-0.1, -0.05) is 18.2 Å². The highest BCUT2D eigenvalue weighted by Gasteiger charge is 2.16. The minimum absolute atomic E-state index is 0. The molecule has 0 radical (unpaired) electrons. The van der Waals surface area contributed by atoms with Crippen LogP contribution >= 0.6 is 24.0 Å². The van der Waals surface area contributed by atoms with Crippen molar-refractivity contribution in [3.8, 4) is 0 Å². The first-order chi connectivity index (χ1) is 15.3. The van der Waals surface area contributed by atoms with Crippen LogP contribution in [0.4, 0.5) is 0 Å². The Balaban J connectivity index is 0.00000289. The third-order valence-corrected chi connectivity index (χ3v) is 5.72. The van der Waals surface area contributed by atoms with E-state index in [1.165, 1.54) is 10.9 Å². The summed E-state index contributed by atoms with van der Waals surface area (Å²) in [6, 6.07) is 10.6. The van der Waals surface area contributed by atoms with Gasteiger partial charge in [0.1, 0.15) is 5.82 Å². The molecule has 1 aromatic carbocycles. The SMILES string of the molecule is CCNC(=NCCCn1ccc2ccccc21)NCCCn1nc2n(c1=O)CCCC2.I. The Morgan fingerprint density at radius 1 is 1.12 bits per heavy atom. The van der Waals surface area contributed by atoms with Crippen molar-refractivity contribution < 1.29 is 0 Å². The molecule has 9 heteroatoms. The minimum Gasteiger partial charge on any atom is -0.357 e. The van der Waals surface area contributed by atoms with Gasteiger partial charge in [0.15, 0.2) is 5.96 Å². The number of hydrogen-bond donors (Lipinski definition) is 2. The molecule has 0 bridgehead atoms. The van der Waals surface area contributed by atoms with Crippen LogP contribution in [0.1, 0.15) is 38.4 Å². The van der Waals surface area contributed by atoms with Gasteiger partial charge in [0.25, 0.3) is 0 Å². The van der Waals surface area contributed by atoms with E-state index in [2.05, 4.69) is 63.8 Å². The summed E-state index contributed by atoms with van der Waals surface area (Å²) in [7, 11) is 0. The summed E-state index contributed by atoms with van der Waals surface area (Å²) >= 11 is 0. The highest BCUT2D eigenvalue weighted by atomic mass is 127. The van der Waals surface area contributed by atoms with Crippen LogP contribution in [0, 0.1) is 0 Å². The number of rotatable bonds is 9. The van der Waals surface area contributed by atoms with Gasteiger partial charge in [0, 0.05) is 57.4 Å². The maximum atomic E-state index is 12.4. The molecule has 3 heterocycles. The third-order valence-electron chi connectivity index (χ3n) is 5.72. The number of guanidine groups is 1. The number of para-hydroxylation sites is 1. The molecule has 8 nitrogen and oxygen atoms in total. The second kappa shape index (κ2) is 12.1. The van der Waals surface area contributed by atoms with Crippen LogP contribution in [-0.4, -0.2) is 44.5 Å². The van der Waals surface area contributed by atoms with Crippen LogP contribution in [0.3, 0.4) is 0 Å². The van der Waals surface area contributed by atoms with E-state index in [1.807, 2.05) is 4.57 Å². The van der Waals surface area contributed by atoms with Crippen molar-refractivity contribution in [1.82, 2.24) is 29.5 Å². The summed E-state index contributed by atoms with van der Waals surface area (Å²) in [6.07, 6.45) is 7.06. The quantitative estimate of drug-likeness (QED) is 0.186. The van der Waals surface area contributed by atoms with Gasteiger partial charge in [-0.15, -0.1) is 24.0 Å². The highest BCUT2D eigenvalue weighted by Crippen LogP contribution is 2.15. The summed E-state index contributed by atoms with van der Waals surface area (Å²) in [5.74, 6) is 1.77. The molecule has 4 rings (SSSR count). The molecule has 0 saturated carbocycles. The van der Waals surface area contributed by atoms with E-state index >= 15 is 0 Å². The fraction of sp³-hybridized carbons (Fsp3) is 0.522. The molecule has 3 aromatic rings. The van der Waals surface area contributed by atoms with Crippen molar-refractivity contribution in [2.24, 2.45) is 4.99 Å². The van der Waals surface area contributed by atoms with Crippen molar-refractivity contribution in [3.05, 3.63) is 52.8 Å². The van der Waals surface area contributed by atoms with Crippen LogP contribution in [0.2, 0.25) is 0 Å². The van der Waals surface area contributed by atoms with Crippen LogP contribution in [0.15, 0.2) is 46.3 Å². The molecule has 0 amide bonds. The summed E-state index contributed by atoms with van der Waals surface area (Å²) in [4.78, 5) is 17.1. The number of nitrogens with zero attached hydrogens (tertiary/aromatic N) is 5. The molecule has 2 N–H and O–H groups in total. The molecule has 2 aromatic heterocycles. The van der Waals surface area contributed by atoms with Crippen molar-refractivity contribution in [1.29, 1.82) is 0 Å². The monoisotopic (exact) mass is 551 g/mol. The van der Waals surface area contributed by atoms with Gasteiger partial charge >= 0.3 is 5.69 Å². The van der Waals surface area contributed by atoms with E-state index in [1.54, 1.807) is 4.68 Å². The first-order valence-electron chi connectivity index (χ1n) is 11.5. The predicted octanol–water partition coefficient (Wildman–Crippen LogP) is 2.99. The average Bonchev–Trinajstić information content (AvgIpc) is 3.35. The molecular formula is C23H34IN7O. The second-order valence-corrected chi connectivity index (χ2v) is 7.99. The van der Waals surface area contributed by atoms with Crippen molar-refractivity contribution in [3.63, 3.8) is 0 Å². The fourth-order valence-electron chi connectivity index (χ4n) is 4.14. The van der Waals surface area contributed by atoms with E-state index in [4.69, 9.17) is 4.99 Å². The van der Waals surface area contributed by atoms with E-state index in [-0.39, 0.29) is 29.7 Å². The molecular weight excluding hydrogens is 517 g/mol. The average molecular weight is 551 g/mol. The van der Waals surface area contributed by atoms with Crippen LogP contribution in [-0.2, 0) is 26.1 Å². The number of aliphatic imine (C=N–C) groups is 1. The van der Waals surface area contributed by atoms with E-state index in [9.17, 15) is 4.79 Å². The second-order valence-electron chi connectivity index (χ2n) is 7.99. The molecule has 0 aliphatic carbocycles. The molecule has 32 heavy (non-hydrogen) atoms. The lowest BCUT2D eigenvalue weighted by Crippen LogP contribution is -2.38. The highest BCUT2D eigenvalue weighted by molar-refractivity contribution is 14.0. The Bertz CT molecular complexity index is 1080. The van der Waals surface area contributed by atoms with Crippen LogP contribution in [0.5, 0.6) is 0 Å². The molecule has 0 saturated heterocycles. The summed E-state index contributed by atoms with van der Waals surface area (Å²) in [6.45, 7) is 6.79. The summed E-state index contributed by atoms with van der Waals surface area (Å²) in [5, 5.41) is 12.5. The lowest BCUT2D eigenvalue weighted by Gasteiger charge is -2.11. The van der Waals surface area contributed by atoms with Gasteiger partial charge < -0.3 is 15.2 Å². The van der Waals surface area contributed by atoms with Gasteiger partial charge in [-0.05, 0) is 50.1 Å². The fourth-order valence-corrected chi connectivity index (χ4v) is 4.14. The van der Waals surface area contributed by atoms with Crippen molar-refractivity contribution in [2.75, 3.05) is 19.6 Å². The minimum atomic E-state index is 0. The standard InChI is InChI=1S/C23H33N7O.HI/c1-2-24-22(25-13-7-15-28-18-12-19-9-3-4-10-20(19)28)26-14-8-17-30-23(31)29-16-6-5-11-21(29)27-30;/h3-4,9-10,12,18H,2,5-8,11,13-17H2,1H3,(H2,24,25,26);1H. The number of hydrogen-bond acceptors (Lipinski definition) is 3. The smallest absolute Gasteiger partial charge is 0.345 e. The van der Waals surface area contributed by atoms with Gasteiger partial charge in [-0.3, -0.25) is 9.56 Å². The topological polar surface area (TPSA) is 81.2 Å². The lowest BCUT2D eigenvalue weighted by molar-refractivity contribution is 0.509. The zero-order chi connectivity index (χ0) is 21.5. The number of aromatic nitrogens is 4. The molecule has 174 valence electrons. The zero-order valence-corrected chi connectivity index (χ0v) is 21.1. The summed E-state index contributed by atoms with van der Waals surface area (Å²) in [5.41, 5.74) is 1.31. The first kappa shape index (κ1) is 24.3. The molecule has 0 atom stereocenters. The third kappa shape index (κ3) is 5.93. The first-order valence-corrected chi connectivity index (χ1v) is 11.5. The largest absolute Gasteiger partial charge is 0.357 e. The Kier molecular flexibility index (Phi) is 9.19. The molecule has 0 fully saturated rings. The summed E-state index contributed by atoms with van der Waals surface area (Å²) < 4.78 is 5.73. The molecule has 1 aliphatic heterocycles. The van der Waals surface area contributed by atoms with Crippen LogP contribution < -0.4 is 16.3 Å². The van der Waals surface area contributed by atoms with E-state index < -0.39 is 0 Å². The Morgan fingerprint density at radius 2 is 2.00 bits per heavy atom. The van der Waals surface area contributed by atoms with Crippen LogP contribution in [0.25, 0.3) is 10.9 Å². The van der Waals surface area contributed by atoms with Crippen molar-refractivity contribution in [2.45, 2.75) is 58.7 Å². The van der Waals surface area contributed by atoms with Gasteiger partial charge in [0.05, 0.1) is 0 Å². The maximum absolute atomic E-state index is 12.4. The number of benzene rings is 1. The number of halogens is 1. The number of fused-ring (bicyclic) bond motifs is 2. The van der Waals surface area contributed by atoms with Gasteiger partial charge in [0.2, 0.25) is 0 Å². The Hall–Kier alpha value is -2.30. The zero-order valence-electron chi connectivity index (χ0n) is 18.8. The maximum Gasteiger partial charge on any atom is 0.345 e. The molecule has 1 aliphatic rings. The van der Waals surface area contributed by atoms with Gasteiger partial charge in [-0.25, -0.2) is 9.48 Å². The Morgan fingerprint density at radius 3 is 2.84 bits per heavy atom. The number of nitrogens with one attached hydrogen (secondary N) is 2. The van der Waals surface area contributed by atoms with E-state index in [0.29, 0.717) is 6.54 Å². The van der Waals surface area contributed by atoms with Gasteiger partial charge in [-0.2, -0.15) is 5.10 Å². The number of aryl methyl sites for hydroxylation is 3. The predicted molar refractivity (Wildman–Crippen MR) is 140 cm³/mol. The lowest BCUT2D eigenvalue weighted by atomic mass is 10.2. The molecule has 0 unspecified atom stereocenters. The van der Waals surface area contributed by atoms with Crippen molar-refractivity contribution >= 4 is 40.8 Å². The Labute approximate surface area is 206 Å². The normalized spacial score (nSPS) is 13.6.